The smallest absolute Gasteiger partial charge is 0.315 e. The van der Waals surface area contributed by atoms with Gasteiger partial charge in [0.2, 0.25) is 11.6 Å². The lowest BCUT2D eigenvalue weighted by Gasteiger charge is -2.09. The number of nitro groups is 1. The van der Waals surface area contributed by atoms with E-state index in [0.29, 0.717) is 10.3 Å². The Bertz CT molecular complexity index is 1150. The molecule has 0 unspecified atom stereocenters. The second kappa shape index (κ2) is 6.29. The van der Waals surface area contributed by atoms with Crippen molar-refractivity contribution < 1.29 is 24.9 Å². The van der Waals surface area contributed by atoms with E-state index in [1.807, 2.05) is 0 Å². The van der Waals surface area contributed by atoms with Crippen LogP contribution in [0, 0.1) is 24.0 Å². The number of hydrogen-bond donors (Lipinski definition) is 3. The van der Waals surface area contributed by atoms with Gasteiger partial charge in [-0.2, -0.15) is 9.71 Å². The van der Waals surface area contributed by atoms with Crippen LogP contribution in [0.2, 0.25) is 5.02 Å². The lowest BCUT2D eigenvalue weighted by atomic mass is 10.1. The molecule has 0 amide bonds. The molecule has 12 heteroatoms. The molecule has 3 N–H and O–H groups in total. The number of halogens is 1. The van der Waals surface area contributed by atoms with Gasteiger partial charge in [0.05, 0.1) is 26.8 Å². The van der Waals surface area contributed by atoms with Gasteiger partial charge in [-0.15, -0.1) is 0 Å². The number of nitrogens with zero attached hydrogens (tertiary/aromatic N) is 4. The number of aromatic nitrogens is 3. The fourth-order valence-electron chi connectivity index (χ4n) is 2.47. The van der Waals surface area contributed by atoms with Gasteiger partial charge in [0.1, 0.15) is 0 Å². The minimum absolute atomic E-state index is 0.0593. The number of aromatic hydroxyl groups is 2. The highest BCUT2D eigenvalue weighted by molar-refractivity contribution is 6.32. The van der Waals surface area contributed by atoms with Crippen molar-refractivity contribution in [3.63, 3.8) is 0 Å². The van der Waals surface area contributed by atoms with Crippen LogP contribution >= 0.6 is 11.6 Å². The molecule has 0 fully saturated rings. The van der Waals surface area contributed by atoms with Crippen LogP contribution in [0.1, 0.15) is 11.3 Å². The maximum Gasteiger partial charge on any atom is 0.315 e. The Labute approximate surface area is 154 Å². The molecule has 0 aliphatic heterocycles. The van der Waals surface area contributed by atoms with Gasteiger partial charge in [-0.1, -0.05) is 16.8 Å². The summed E-state index contributed by atoms with van der Waals surface area (Å²) in [5.74, 6) is -2.14. The summed E-state index contributed by atoms with van der Waals surface area (Å²) >= 11 is 6.09. The van der Waals surface area contributed by atoms with Gasteiger partial charge in [-0.3, -0.25) is 14.9 Å². The Balaban J connectivity index is 2.18. The largest absolute Gasteiger partial charge is 0.504 e. The van der Waals surface area contributed by atoms with Crippen LogP contribution in [0.25, 0.3) is 22.8 Å². The Morgan fingerprint density at radius 3 is 2.59 bits per heavy atom. The summed E-state index contributed by atoms with van der Waals surface area (Å²) in [6.45, 7) is 2.97. The monoisotopic (exact) mass is 394 g/mol. The zero-order valence-electron chi connectivity index (χ0n) is 13.8. The van der Waals surface area contributed by atoms with E-state index in [0.717, 1.165) is 12.1 Å². The number of benzene rings is 1. The first kappa shape index (κ1) is 18.2. The SMILES string of the molecule is Cc1c(Cl)c(C)n(O)c(=O)c1-c1noc(-c2cc(O)c(O)c([N+](=O)[O-])c2)n1. The molecule has 27 heavy (non-hydrogen) atoms. The number of rotatable bonds is 3. The van der Waals surface area contributed by atoms with Crippen molar-refractivity contribution in [3.05, 3.63) is 48.9 Å². The minimum atomic E-state index is -0.909. The number of phenolic OH excluding ortho intramolecular Hbond substituents is 2. The van der Waals surface area contributed by atoms with Crippen molar-refractivity contribution in [2.75, 3.05) is 0 Å². The van der Waals surface area contributed by atoms with E-state index < -0.39 is 27.7 Å². The predicted molar refractivity (Wildman–Crippen MR) is 91.1 cm³/mol. The molecule has 3 aromatic rings. The van der Waals surface area contributed by atoms with E-state index in [4.69, 9.17) is 16.1 Å². The molecule has 0 radical (unpaired) electrons. The minimum Gasteiger partial charge on any atom is -0.504 e. The zero-order valence-corrected chi connectivity index (χ0v) is 14.6. The summed E-state index contributed by atoms with van der Waals surface area (Å²) in [5, 5.41) is 43.8. The molecule has 0 aliphatic carbocycles. The summed E-state index contributed by atoms with van der Waals surface area (Å²) in [7, 11) is 0. The number of nitro benzene ring substituents is 1. The first-order valence-corrected chi connectivity index (χ1v) is 7.67. The molecule has 0 atom stereocenters. The number of phenols is 2. The van der Waals surface area contributed by atoms with E-state index >= 15 is 0 Å². The average Bonchev–Trinajstić information content (AvgIpc) is 3.10. The van der Waals surface area contributed by atoms with Crippen LogP contribution in [0.3, 0.4) is 0 Å². The Morgan fingerprint density at radius 1 is 1.30 bits per heavy atom. The molecule has 2 heterocycles. The van der Waals surface area contributed by atoms with E-state index in [9.17, 15) is 30.3 Å². The normalized spacial score (nSPS) is 10.9. The lowest BCUT2D eigenvalue weighted by Crippen LogP contribution is -2.23. The number of pyridine rings is 1. The molecule has 0 saturated heterocycles. The quantitative estimate of drug-likeness (QED) is 0.261. The Hall–Kier alpha value is -3.60. The molecule has 0 bridgehead atoms. The lowest BCUT2D eigenvalue weighted by molar-refractivity contribution is -0.385. The molecule has 1 aromatic carbocycles. The van der Waals surface area contributed by atoms with Gasteiger partial charge in [0, 0.05) is 6.07 Å². The fourth-order valence-corrected chi connectivity index (χ4v) is 2.64. The van der Waals surface area contributed by atoms with Gasteiger partial charge >= 0.3 is 5.69 Å². The second-order valence-electron chi connectivity index (χ2n) is 5.56. The summed E-state index contributed by atoms with van der Waals surface area (Å²) in [6.07, 6.45) is 0. The molecule has 0 aliphatic rings. The first-order chi connectivity index (χ1) is 12.6. The Morgan fingerprint density at radius 2 is 1.96 bits per heavy atom. The van der Waals surface area contributed by atoms with Gasteiger partial charge in [-0.25, -0.2) is 0 Å². The predicted octanol–water partition coefficient (Wildman–Crippen LogP) is 2.39. The zero-order chi connectivity index (χ0) is 20.0. The van der Waals surface area contributed by atoms with Crippen LogP contribution in [0.15, 0.2) is 21.5 Å². The summed E-state index contributed by atoms with van der Waals surface area (Å²) in [5.41, 5.74) is -1.35. The topological polar surface area (TPSA) is 165 Å². The number of hydrogen-bond acceptors (Lipinski definition) is 9. The van der Waals surface area contributed by atoms with Crippen molar-refractivity contribution in [2.24, 2.45) is 0 Å². The van der Waals surface area contributed by atoms with Crippen LogP contribution in [0.5, 0.6) is 11.5 Å². The highest BCUT2D eigenvalue weighted by Crippen LogP contribution is 2.39. The highest BCUT2D eigenvalue weighted by Gasteiger charge is 2.24. The van der Waals surface area contributed by atoms with E-state index in [1.54, 1.807) is 0 Å². The summed E-state index contributed by atoms with van der Waals surface area (Å²) in [4.78, 5) is 26.4. The van der Waals surface area contributed by atoms with E-state index in [2.05, 4.69) is 10.1 Å². The van der Waals surface area contributed by atoms with E-state index in [-0.39, 0.29) is 33.6 Å². The maximum absolute atomic E-state index is 12.3. The first-order valence-electron chi connectivity index (χ1n) is 7.29. The molecular formula is C15H11ClN4O7. The van der Waals surface area contributed by atoms with Crippen LogP contribution in [-0.2, 0) is 0 Å². The third-order valence-electron chi connectivity index (χ3n) is 3.91. The van der Waals surface area contributed by atoms with Crippen molar-refractivity contribution in [3.8, 4) is 34.3 Å². The van der Waals surface area contributed by atoms with Gasteiger partial charge in [-0.05, 0) is 25.5 Å². The molecule has 0 saturated carbocycles. The van der Waals surface area contributed by atoms with Gasteiger partial charge < -0.3 is 19.9 Å². The average molecular weight is 395 g/mol. The highest BCUT2D eigenvalue weighted by atomic mass is 35.5. The van der Waals surface area contributed by atoms with Crippen LogP contribution in [0.4, 0.5) is 5.69 Å². The van der Waals surface area contributed by atoms with Crippen molar-refractivity contribution in [1.29, 1.82) is 0 Å². The van der Waals surface area contributed by atoms with E-state index in [1.165, 1.54) is 13.8 Å². The summed E-state index contributed by atoms with van der Waals surface area (Å²) in [6, 6.07) is 1.91. The molecule has 3 rings (SSSR count). The second-order valence-corrected chi connectivity index (χ2v) is 5.94. The van der Waals surface area contributed by atoms with Gasteiger partial charge in [0.15, 0.2) is 5.75 Å². The van der Waals surface area contributed by atoms with Crippen molar-refractivity contribution >= 4 is 17.3 Å². The fraction of sp³-hybridized carbons (Fsp3) is 0.133. The third-order valence-corrected chi connectivity index (χ3v) is 4.47. The van der Waals surface area contributed by atoms with Crippen LogP contribution < -0.4 is 5.56 Å². The van der Waals surface area contributed by atoms with Gasteiger partial charge in [0.25, 0.3) is 11.4 Å². The summed E-state index contributed by atoms with van der Waals surface area (Å²) < 4.78 is 5.35. The molecular weight excluding hydrogens is 384 g/mol. The molecule has 140 valence electrons. The standard InChI is InChI=1S/C15H11ClN4O7/c1-5-10(15(23)19(24)6(2)11(5)16)13-17-14(27-18-13)7-3-8(20(25)26)12(22)9(21)4-7/h3-4,21-22,24H,1-2H3. The molecule has 2 aromatic heterocycles. The van der Waals surface area contributed by atoms with Crippen molar-refractivity contribution in [2.45, 2.75) is 13.8 Å². The Kier molecular flexibility index (Phi) is 4.24. The third kappa shape index (κ3) is 2.83. The molecule has 0 spiro atoms. The van der Waals surface area contributed by atoms with Crippen molar-refractivity contribution in [1.82, 2.24) is 14.9 Å². The maximum atomic E-state index is 12.3. The molecule has 11 nitrogen and oxygen atoms in total. The van der Waals surface area contributed by atoms with Crippen LogP contribution in [-0.4, -0.2) is 35.2 Å².